The highest BCUT2D eigenvalue weighted by atomic mass is 32.2. The van der Waals surface area contributed by atoms with E-state index in [-0.39, 0.29) is 23.0 Å². The first-order valence-electron chi connectivity index (χ1n) is 9.18. The molecule has 1 heterocycles. The van der Waals surface area contributed by atoms with Crippen molar-refractivity contribution in [1.82, 2.24) is 0 Å². The molecule has 0 spiro atoms. The van der Waals surface area contributed by atoms with Gasteiger partial charge in [0.05, 0.1) is 16.8 Å². The highest BCUT2D eigenvalue weighted by Gasteiger charge is 2.41. The summed E-state index contributed by atoms with van der Waals surface area (Å²) in [6, 6.07) is 13.0. The maximum atomic E-state index is 12.7. The number of nitrogens with zero attached hydrogens (tertiary/aromatic N) is 5. The SMILES string of the molecule is CN(C)c1ccc(/C=N\N=C(N)S[C@H]2CC(=O)N(c3cccc([N+](=O)[O-])c3)C2=O)cc1. The van der Waals surface area contributed by atoms with Crippen LogP contribution in [0.3, 0.4) is 0 Å². The maximum Gasteiger partial charge on any atom is 0.271 e. The van der Waals surface area contributed by atoms with E-state index in [1.54, 1.807) is 0 Å². The minimum atomic E-state index is -0.773. The number of rotatable bonds is 6. The molecular formula is C20H20N6O4S. The smallest absolute Gasteiger partial charge is 0.271 e. The molecule has 2 aromatic rings. The van der Waals surface area contributed by atoms with Crippen LogP contribution in [0.1, 0.15) is 12.0 Å². The molecule has 1 saturated heterocycles. The molecule has 0 bridgehead atoms. The zero-order valence-corrected chi connectivity index (χ0v) is 17.7. The Bertz CT molecular complexity index is 1070. The molecule has 1 aliphatic rings. The molecule has 0 saturated carbocycles. The summed E-state index contributed by atoms with van der Waals surface area (Å²) in [4.78, 5) is 38.3. The van der Waals surface area contributed by atoms with Crippen LogP contribution in [0.4, 0.5) is 17.1 Å². The number of non-ortho nitro benzene ring substituents is 1. The van der Waals surface area contributed by atoms with Gasteiger partial charge in [-0.05, 0) is 23.8 Å². The second-order valence-corrected chi connectivity index (χ2v) is 8.05. The Kier molecular flexibility index (Phi) is 6.65. The van der Waals surface area contributed by atoms with E-state index in [2.05, 4.69) is 10.2 Å². The second-order valence-electron chi connectivity index (χ2n) is 6.82. The number of imide groups is 1. The minimum Gasteiger partial charge on any atom is -0.378 e. The zero-order chi connectivity index (χ0) is 22.5. The fourth-order valence-electron chi connectivity index (χ4n) is 2.89. The quantitative estimate of drug-likeness (QED) is 0.239. The van der Waals surface area contributed by atoms with E-state index in [9.17, 15) is 19.7 Å². The molecule has 0 unspecified atom stereocenters. The average molecular weight is 440 g/mol. The zero-order valence-electron chi connectivity index (χ0n) is 16.8. The van der Waals surface area contributed by atoms with Gasteiger partial charge in [-0.25, -0.2) is 4.90 Å². The lowest BCUT2D eigenvalue weighted by Crippen LogP contribution is -2.31. The van der Waals surface area contributed by atoms with Crippen molar-refractivity contribution >= 4 is 52.0 Å². The van der Waals surface area contributed by atoms with Gasteiger partial charge in [-0.1, -0.05) is 30.0 Å². The van der Waals surface area contributed by atoms with Crippen LogP contribution < -0.4 is 15.5 Å². The Balaban J connectivity index is 1.65. The van der Waals surface area contributed by atoms with E-state index in [1.165, 1.54) is 30.5 Å². The minimum absolute atomic E-state index is 0.0354. The Labute approximate surface area is 182 Å². The van der Waals surface area contributed by atoms with Crippen molar-refractivity contribution in [3.63, 3.8) is 0 Å². The summed E-state index contributed by atoms with van der Waals surface area (Å²) in [5, 5.41) is 18.0. The largest absolute Gasteiger partial charge is 0.378 e. The molecule has 0 radical (unpaired) electrons. The third kappa shape index (κ3) is 5.25. The number of hydrogen-bond donors (Lipinski definition) is 1. The van der Waals surface area contributed by atoms with Gasteiger partial charge < -0.3 is 10.6 Å². The molecule has 10 nitrogen and oxygen atoms in total. The van der Waals surface area contributed by atoms with Crippen molar-refractivity contribution in [2.45, 2.75) is 11.7 Å². The van der Waals surface area contributed by atoms with Gasteiger partial charge in [0, 0.05) is 38.3 Å². The van der Waals surface area contributed by atoms with Crippen LogP contribution >= 0.6 is 11.8 Å². The third-order valence-corrected chi connectivity index (χ3v) is 5.42. The number of amidine groups is 1. The van der Waals surface area contributed by atoms with Gasteiger partial charge in [0.25, 0.3) is 5.69 Å². The van der Waals surface area contributed by atoms with Gasteiger partial charge in [0.15, 0.2) is 5.17 Å². The van der Waals surface area contributed by atoms with Gasteiger partial charge in [-0.2, -0.15) is 5.10 Å². The molecule has 0 aromatic heterocycles. The monoisotopic (exact) mass is 440 g/mol. The number of thioether (sulfide) groups is 1. The van der Waals surface area contributed by atoms with Crippen LogP contribution in [-0.2, 0) is 9.59 Å². The van der Waals surface area contributed by atoms with Gasteiger partial charge in [0.2, 0.25) is 11.8 Å². The molecule has 1 atom stereocenters. The molecule has 1 fully saturated rings. The lowest BCUT2D eigenvalue weighted by Gasteiger charge is -2.14. The second kappa shape index (κ2) is 9.39. The number of carbonyl (C=O) groups is 2. The third-order valence-electron chi connectivity index (χ3n) is 4.44. The Hall–Kier alpha value is -3.73. The van der Waals surface area contributed by atoms with Crippen molar-refractivity contribution in [3.05, 3.63) is 64.2 Å². The highest BCUT2D eigenvalue weighted by molar-refractivity contribution is 8.14. The van der Waals surface area contributed by atoms with Crippen molar-refractivity contribution in [1.29, 1.82) is 0 Å². The average Bonchev–Trinajstić information content (AvgIpc) is 3.01. The number of anilines is 2. The molecule has 2 N–H and O–H groups in total. The molecule has 11 heteroatoms. The predicted octanol–water partition coefficient (Wildman–Crippen LogP) is 2.37. The van der Waals surface area contributed by atoms with E-state index in [0.29, 0.717) is 0 Å². The number of amides is 2. The normalized spacial score (nSPS) is 16.9. The topological polar surface area (TPSA) is 134 Å². The van der Waals surface area contributed by atoms with Crippen molar-refractivity contribution in [2.75, 3.05) is 23.9 Å². The molecule has 0 aliphatic carbocycles. The fourth-order valence-corrected chi connectivity index (χ4v) is 3.71. The van der Waals surface area contributed by atoms with Crippen LogP contribution in [0.2, 0.25) is 0 Å². The fraction of sp³-hybridized carbons (Fsp3) is 0.200. The molecule has 3 rings (SSSR count). The van der Waals surface area contributed by atoms with Gasteiger partial charge in [0.1, 0.15) is 5.25 Å². The van der Waals surface area contributed by atoms with Crippen LogP contribution in [0.25, 0.3) is 0 Å². The predicted molar refractivity (Wildman–Crippen MR) is 122 cm³/mol. The number of hydrogen-bond acceptors (Lipinski definition) is 8. The van der Waals surface area contributed by atoms with Gasteiger partial charge in [-0.15, -0.1) is 5.10 Å². The Morgan fingerprint density at radius 3 is 2.61 bits per heavy atom. The molecule has 2 amide bonds. The van der Waals surface area contributed by atoms with Crippen LogP contribution in [0.5, 0.6) is 0 Å². The van der Waals surface area contributed by atoms with Crippen molar-refractivity contribution < 1.29 is 14.5 Å². The molecule has 2 aromatic carbocycles. The summed E-state index contributed by atoms with van der Waals surface area (Å²) in [5.74, 6) is -0.961. The first-order chi connectivity index (χ1) is 14.8. The summed E-state index contributed by atoms with van der Waals surface area (Å²) in [6.45, 7) is 0. The Morgan fingerprint density at radius 1 is 1.26 bits per heavy atom. The van der Waals surface area contributed by atoms with E-state index in [1.807, 2.05) is 43.3 Å². The van der Waals surface area contributed by atoms with E-state index >= 15 is 0 Å². The summed E-state index contributed by atoms with van der Waals surface area (Å²) in [7, 11) is 3.89. The summed E-state index contributed by atoms with van der Waals surface area (Å²) < 4.78 is 0. The lowest BCUT2D eigenvalue weighted by molar-refractivity contribution is -0.384. The highest BCUT2D eigenvalue weighted by Crippen LogP contribution is 2.31. The number of benzene rings is 2. The van der Waals surface area contributed by atoms with E-state index in [0.717, 1.165) is 27.9 Å². The number of nitro groups is 1. The maximum absolute atomic E-state index is 12.7. The molecule has 31 heavy (non-hydrogen) atoms. The number of carbonyl (C=O) groups excluding carboxylic acids is 2. The van der Waals surface area contributed by atoms with Crippen LogP contribution in [-0.4, -0.2) is 47.5 Å². The molecule has 160 valence electrons. The summed E-state index contributed by atoms with van der Waals surface area (Å²) >= 11 is 0.931. The first kappa shape index (κ1) is 22.0. The van der Waals surface area contributed by atoms with Crippen LogP contribution in [0, 0.1) is 10.1 Å². The van der Waals surface area contributed by atoms with Gasteiger partial charge in [-0.3, -0.25) is 19.7 Å². The van der Waals surface area contributed by atoms with Crippen LogP contribution in [0.15, 0.2) is 58.7 Å². The van der Waals surface area contributed by atoms with E-state index in [4.69, 9.17) is 5.73 Å². The lowest BCUT2D eigenvalue weighted by atomic mass is 10.2. The molecular weight excluding hydrogens is 420 g/mol. The van der Waals surface area contributed by atoms with Crippen molar-refractivity contribution in [3.8, 4) is 0 Å². The van der Waals surface area contributed by atoms with Crippen molar-refractivity contribution in [2.24, 2.45) is 15.9 Å². The Morgan fingerprint density at radius 2 is 1.97 bits per heavy atom. The standard InChI is InChI=1S/C20H20N6O4S/c1-24(2)14-8-6-13(7-9-14)12-22-23-20(21)31-17-11-18(27)25(19(17)28)15-4-3-5-16(10-15)26(29)30/h3-10,12,17H,11H2,1-2H3,(H2,21,23)/b22-12-/t17-/m0/s1. The first-order valence-corrected chi connectivity index (χ1v) is 10.1. The number of nitro benzene ring substituents is 1. The number of nitrogens with two attached hydrogens (primary N) is 1. The van der Waals surface area contributed by atoms with E-state index < -0.39 is 22.0 Å². The van der Waals surface area contributed by atoms with Gasteiger partial charge >= 0.3 is 0 Å². The summed E-state index contributed by atoms with van der Waals surface area (Å²) in [6.07, 6.45) is 1.45. The summed E-state index contributed by atoms with van der Waals surface area (Å²) in [5.41, 5.74) is 7.69. The molecule has 1 aliphatic heterocycles.